The Morgan fingerprint density at radius 1 is 1.43 bits per heavy atom. The Kier molecular flexibility index (Phi) is 2.79. The summed E-state index contributed by atoms with van der Waals surface area (Å²) in [5.41, 5.74) is 5.31. The molecule has 0 aliphatic carbocycles. The summed E-state index contributed by atoms with van der Waals surface area (Å²) in [5, 5.41) is 0. The molecular weight excluding hydrogens is 178 g/mol. The van der Waals surface area contributed by atoms with Crippen LogP contribution in [0.25, 0.3) is 0 Å². The first-order valence-corrected chi connectivity index (χ1v) is 4.47. The summed E-state index contributed by atoms with van der Waals surface area (Å²) in [6.07, 6.45) is 0. The summed E-state index contributed by atoms with van der Waals surface area (Å²) in [6, 6.07) is 7.51. The highest BCUT2D eigenvalue weighted by Gasteiger charge is 2.26. The summed E-state index contributed by atoms with van der Waals surface area (Å²) < 4.78 is 5.47. The average Bonchev–Trinajstić information content (AvgIpc) is 2.02. The zero-order chi connectivity index (χ0) is 10.8. The molecule has 0 aliphatic heterocycles. The molecule has 2 N–H and O–H groups in total. The molecule has 76 valence electrons. The van der Waals surface area contributed by atoms with E-state index in [4.69, 9.17) is 10.5 Å². The van der Waals surface area contributed by atoms with Crippen LogP contribution < -0.4 is 10.5 Å². The smallest absolute Gasteiger partial charge is 0.261 e. The molecule has 1 aromatic carbocycles. The van der Waals surface area contributed by atoms with E-state index in [1.54, 1.807) is 19.9 Å². The molecule has 0 aromatic heterocycles. The normalized spacial score (nSPS) is 11.1. The molecule has 0 saturated heterocycles. The van der Waals surface area contributed by atoms with Crippen LogP contribution in [0.4, 0.5) is 0 Å². The molecule has 0 saturated carbocycles. The van der Waals surface area contributed by atoms with Crippen molar-refractivity contribution in [2.75, 3.05) is 0 Å². The van der Waals surface area contributed by atoms with Crippen molar-refractivity contribution in [1.82, 2.24) is 0 Å². The molecule has 3 heteroatoms. The zero-order valence-corrected chi connectivity index (χ0v) is 8.70. The standard InChI is InChI=1S/C11H15NO2/c1-8-5-4-6-9(7-8)14-11(2,3)10(12)13/h4-7H,1-3H3,(H2,12,13). The second-order valence-electron chi connectivity index (χ2n) is 3.79. The minimum Gasteiger partial charge on any atom is -0.478 e. The molecule has 0 unspecified atom stereocenters. The van der Waals surface area contributed by atoms with Crippen molar-refractivity contribution in [3.63, 3.8) is 0 Å². The van der Waals surface area contributed by atoms with Gasteiger partial charge in [0.15, 0.2) is 5.60 Å². The molecule has 0 bridgehead atoms. The molecule has 0 aliphatic rings. The van der Waals surface area contributed by atoms with Gasteiger partial charge in [-0.05, 0) is 38.5 Å². The van der Waals surface area contributed by atoms with Crippen molar-refractivity contribution in [1.29, 1.82) is 0 Å². The lowest BCUT2D eigenvalue weighted by atomic mass is 10.1. The SMILES string of the molecule is Cc1cccc(OC(C)(C)C(N)=O)c1. The van der Waals surface area contributed by atoms with Gasteiger partial charge < -0.3 is 10.5 Å². The van der Waals surface area contributed by atoms with Gasteiger partial charge >= 0.3 is 0 Å². The molecular formula is C11H15NO2. The van der Waals surface area contributed by atoms with Gasteiger partial charge in [-0.2, -0.15) is 0 Å². The Bertz CT molecular complexity index is 345. The third-order valence-corrected chi connectivity index (χ3v) is 1.96. The Balaban J connectivity index is 2.83. The lowest BCUT2D eigenvalue weighted by Crippen LogP contribution is -2.43. The van der Waals surface area contributed by atoms with Crippen LogP contribution in [0.5, 0.6) is 5.75 Å². The predicted molar refractivity (Wildman–Crippen MR) is 55.1 cm³/mol. The second kappa shape index (κ2) is 3.70. The number of ether oxygens (including phenoxy) is 1. The van der Waals surface area contributed by atoms with E-state index in [-0.39, 0.29) is 0 Å². The van der Waals surface area contributed by atoms with Crippen LogP contribution in [0.1, 0.15) is 19.4 Å². The number of carbonyl (C=O) groups excluding carboxylic acids is 1. The van der Waals surface area contributed by atoms with Crippen LogP contribution in [-0.2, 0) is 4.79 Å². The number of hydrogen-bond acceptors (Lipinski definition) is 2. The molecule has 1 aromatic rings. The van der Waals surface area contributed by atoms with Gasteiger partial charge in [0, 0.05) is 0 Å². The number of nitrogens with two attached hydrogens (primary N) is 1. The first kappa shape index (κ1) is 10.6. The van der Waals surface area contributed by atoms with E-state index >= 15 is 0 Å². The fourth-order valence-corrected chi connectivity index (χ4v) is 1.02. The van der Waals surface area contributed by atoms with Crippen LogP contribution in [0, 0.1) is 6.92 Å². The van der Waals surface area contributed by atoms with E-state index in [1.807, 2.05) is 25.1 Å². The molecule has 3 nitrogen and oxygen atoms in total. The van der Waals surface area contributed by atoms with Gasteiger partial charge in [-0.3, -0.25) is 4.79 Å². The lowest BCUT2D eigenvalue weighted by Gasteiger charge is -2.22. The topological polar surface area (TPSA) is 52.3 Å². The summed E-state index contributed by atoms with van der Waals surface area (Å²) in [5.74, 6) is 0.188. The van der Waals surface area contributed by atoms with Crippen molar-refractivity contribution in [2.45, 2.75) is 26.4 Å². The minimum atomic E-state index is -0.964. The van der Waals surface area contributed by atoms with Crippen LogP contribution in [0.2, 0.25) is 0 Å². The van der Waals surface area contributed by atoms with E-state index in [1.165, 1.54) is 0 Å². The first-order valence-electron chi connectivity index (χ1n) is 4.47. The van der Waals surface area contributed by atoms with Crippen molar-refractivity contribution in [3.05, 3.63) is 29.8 Å². The molecule has 0 atom stereocenters. The number of primary amides is 1. The third-order valence-electron chi connectivity index (χ3n) is 1.96. The van der Waals surface area contributed by atoms with E-state index in [2.05, 4.69) is 0 Å². The minimum absolute atomic E-state index is 0.473. The zero-order valence-electron chi connectivity index (χ0n) is 8.70. The maximum Gasteiger partial charge on any atom is 0.261 e. The number of aryl methyl sites for hydroxylation is 1. The van der Waals surface area contributed by atoms with E-state index in [9.17, 15) is 4.79 Å². The molecule has 0 fully saturated rings. The summed E-state index contributed by atoms with van der Waals surface area (Å²) in [4.78, 5) is 11.0. The van der Waals surface area contributed by atoms with Crippen molar-refractivity contribution in [2.24, 2.45) is 5.73 Å². The Hall–Kier alpha value is -1.51. The number of amides is 1. The Morgan fingerprint density at radius 3 is 2.57 bits per heavy atom. The number of hydrogen-bond donors (Lipinski definition) is 1. The summed E-state index contributed by atoms with van der Waals surface area (Å²) in [6.45, 7) is 5.26. The van der Waals surface area contributed by atoms with Crippen LogP contribution in [0.3, 0.4) is 0 Å². The van der Waals surface area contributed by atoms with Crippen LogP contribution in [0.15, 0.2) is 24.3 Å². The van der Waals surface area contributed by atoms with E-state index < -0.39 is 11.5 Å². The van der Waals surface area contributed by atoms with Gasteiger partial charge in [0.2, 0.25) is 0 Å². The second-order valence-corrected chi connectivity index (χ2v) is 3.79. The van der Waals surface area contributed by atoms with E-state index in [0.717, 1.165) is 5.56 Å². The quantitative estimate of drug-likeness (QED) is 0.793. The van der Waals surface area contributed by atoms with Crippen molar-refractivity contribution in [3.8, 4) is 5.75 Å². The monoisotopic (exact) mass is 193 g/mol. The van der Waals surface area contributed by atoms with Gasteiger partial charge in [0.25, 0.3) is 5.91 Å². The number of carbonyl (C=O) groups is 1. The molecule has 0 radical (unpaired) electrons. The fraction of sp³-hybridized carbons (Fsp3) is 0.364. The third kappa shape index (κ3) is 2.49. The first-order chi connectivity index (χ1) is 6.42. The number of benzene rings is 1. The van der Waals surface area contributed by atoms with Gasteiger partial charge in [-0.15, -0.1) is 0 Å². The molecule has 0 heterocycles. The molecule has 1 amide bonds. The highest BCUT2D eigenvalue weighted by Crippen LogP contribution is 2.18. The lowest BCUT2D eigenvalue weighted by molar-refractivity contribution is -0.130. The largest absolute Gasteiger partial charge is 0.478 e. The molecule has 14 heavy (non-hydrogen) atoms. The van der Waals surface area contributed by atoms with E-state index in [0.29, 0.717) is 5.75 Å². The van der Waals surface area contributed by atoms with Crippen molar-refractivity contribution < 1.29 is 9.53 Å². The highest BCUT2D eigenvalue weighted by atomic mass is 16.5. The summed E-state index contributed by atoms with van der Waals surface area (Å²) in [7, 11) is 0. The maximum absolute atomic E-state index is 11.0. The Labute approximate surface area is 83.9 Å². The predicted octanol–water partition coefficient (Wildman–Crippen LogP) is 1.64. The van der Waals surface area contributed by atoms with Crippen LogP contribution in [-0.4, -0.2) is 11.5 Å². The number of rotatable bonds is 3. The Morgan fingerprint density at radius 2 is 2.07 bits per heavy atom. The average molecular weight is 193 g/mol. The summed E-state index contributed by atoms with van der Waals surface area (Å²) >= 11 is 0. The van der Waals surface area contributed by atoms with Gasteiger partial charge in [-0.1, -0.05) is 12.1 Å². The van der Waals surface area contributed by atoms with Gasteiger partial charge in [0.05, 0.1) is 0 Å². The molecule has 0 spiro atoms. The maximum atomic E-state index is 11.0. The van der Waals surface area contributed by atoms with Gasteiger partial charge in [0.1, 0.15) is 5.75 Å². The van der Waals surface area contributed by atoms with Gasteiger partial charge in [-0.25, -0.2) is 0 Å². The highest BCUT2D eigenvalue weighted by molar-refractivity contribution is 5.82. The van der Waals surface area contributed by atoms with Crippen molar-refractivity contribution >= 4 is 5.91 Å². The van der Waals surface area contributed by atoms with Crippen LogP contribution >= 0.6 is 0 Å². The fourth-order valence-electron chi connectivity index (χ4n) is 1.02. The molecule has 1 rings (SSSR count).